The maximum atomic E-state index is 11.6. The maximum Gasteiger partial charge on any atom is 0.308 e. The first-order valence-corrected chi connectivity index (χ1v) is 4.46. The summed E-state index contributed by atoms with van der Waals surface area (Å²) in [5, 5.41) is 8.60. The van der Waals surface area contributed by atoms with Crippen molar-refractivity contribution in [1.29, 1.82) is 0 Å². The van der Waals surface area contributed by atoms with Crippen molar-refractivity contribution in [2.24, 2.45) is 0 Å². The van der Waals surface area contributed by atoms with Crippen molar-refractivity contribution in [1.82, 2.24) is 4.57 Å². The molecule has 1 aromatic heterocycles. The van der Waals surface area contributed by atoms with Crippen molar-refractivity contribution in [3.05, 3.63) is 33.7 Å². The van der Waals surface area contributed by atoms with E-state index in [4.69, 9.17) is 5.11 Å². The predicted molar refractivity (Wildman–Crippen MR) is 52.5 cm³/mol. The molecule has 4 nitrogen and oxygen atoms in total. The zero-order chi connectivity index (χ0) is 10.7. The van der Waals surface area contributed by atoms with Crippen LogP contribution in [-0.2, 0) is 17.8 Å². The van der Waals surface area contributed by atoms with E-state index in [1.807, 2.05) is 13.8 Å². The first-order chi connectivity index (χ1) is 6.54. The van der Waals surface area contributed by atoms with E-state index in [0.717, 1.165) is 5.56 Å². The van der Waals surface area contributed by atoms with Crippen molar-refractivity contribution in [3.8, 4) is 0 Å². The Balaban J connectivity index is 3.22. The number of carboxylic acid groups (broad SMARTS) is 1. The van der Waals surface area contributed by atoms with Crippen LogP contribution in [0, 0.1) is 6.92 Å². The monoisotopic (exact) mass is 195 g/mol. The van der Waals surface area contributed by atoms with Crippen molar-refractivity contribution in [3.63, 3.8) is 0 Å². The Kier molecular flexibility index (Phi) is 3.06. The number of carbonyl (C=O) groups is 1. The summed E-state index contributed by atoms with van der Waals surface area (Å²) in [5.74, 6) is -0.977. The maximum absolute atomic E-state index is 11.6. The fraction of sp³-hybridized carbons (Fsp3) is 0.400. The number of nitrogens with zero attached hydrogens (tertiary/aromatic N) is 1. The summed E-state index contributed by atoms with van der Waals surface area (Å²) in [5.41, 5.74) is 1.04. The lowest BCUT2D eigenvalue weighted by atomic mass is 10.1. The van der Waals surface area contributed by atoms with Crippen molar-refractivity contribution >= 4 is 5.97 Å². The normalized spacial score (nSPS) is 10.1. The van der Waals surface area contributed by atoms with Crippen LogP contribution in [0.2, 0.25) is 0 Å². The van der Waals surface area contributed by atoms with Gasteiger partial charge in [0.15, 0.2) is 0 Å². The van der Waals surface area contributed by atoms with Gasteiger partial charge >= 0.3 is 5.97 Å². The number of carboxylic acids is 1. The van der Waals surface area contributed by atoms with Crippen LogP contribution >= 0.6 is 0 Å². The molecule has 0 aromatic carbocycles. The largest absolute Gasteiger partial charge is 0.481 e. The average molecular weight is 195 g/mol. The topological polar surface area (TPSA) is 59.3 Å². The van der Waals surface area contributed by atoms with Gasteiger partial charge in [0.2, 0.25) is 0 Å². The third-order valence-corrected chi connectivity index (χ3v) is 1.98. The summed E-state index contributed by atoms with van der Waals surface area (Å²) in [6, 6.07) is 1.63. The van der Waals surface area contributed by atoms with Gasteiger partial charge in [-0.05, 0) is 25.5 Å². The lowest BCUT2D eigenvalue weighted by Crippen LogP contribution is -2.24. The molecular weight excluding hydrogens is 182 g/mol. The van der Waals surface area contributed by atoms with E-state index in [0.29, 0.717) is 12.1 Å². The Morgan fingerprint density at radius 1 is 1.57 bits per heavy atom. The molecule has 1 heterocycles. The van der Waals surface area contributed by atoms with Gasteiger partial charge in [-0.2, -0.15) is 0 Å². The van der Waals surface area contributed by atoms with Crippen LogP contribution in [0.4, 0.5) is 0 Å². The summed E-state index contributed by atoms with van der Waals surface area (Å²) < 4.78 is 1.52. The van der Waals surface area contributed by atoms with Gasteiger partial charge in [-0.1, -0.05) is 0 Å². The van der Waals surface area contributed by atoms with E-state index in [2.05, 4.69) is 0 Å². The Hall–Kier alpha value is -1.58. The van der Waals surface area contributed by atoms with Crippen LogP contribution in [0.3, 0.4) is 0 Å². The number of hydrogen-bond acceptors (Lipinski definition) is 2. The average Bonchev–Trinajstić information content (AvgIpc) is 2.09. The highest BCUT2D eigenvalue weighted by Crippen LogP contribution is 2.00. The molecule has 0 bridgehead atoms. The first kappa shape index (κ1) is 10.5. The summed E-state index contributed by atoms with van der Waals surface area (Å²) in [6.45, 7) is 4.26. The van der Waals surface area contributed by atoms with Crippen LogP contribution in [0.1, 0.15) is 18.1 Å². The van der Waals surface area contributed by atoms with Crippen molar-refractivity contribution in [2.75, 3.05) is 0 Å². The second-order valence-corrected chi connectivity index (χ2v) is 3.20. The molecule has 0 fully saturated rings. The van der Waals surface area contributed by atoms with Gasteiger partial charge in [0.1, 0.15) is 0 Å². The van der Waals surface area contributed by atoms with Crippen molar-refractivity contribution in [2.45, 2.75) is 26.8 Å². The van der Waals surface area contributed by atoms with Crippen LogP contribution < -0.4 is 5.56 Å². The van der Waals surface area contributed by atoms with Crippen LogP contribution in [0.5, 0.6) is 0 Å². The highest BCUT2D eigenvalue weighted by molar-refractivity contribution is 5.70. The van der Waals surface area contributed by atoms with Gasteiger partial charge in [-0.15, -0.1) is 0 Å². The quantitative estimate of drug-likeness (QED) is 0.776. The molecule has 0 amide bonds. The second-order valence-electron chi connectivity index (χ2n) is 3.20. The van der Waals surface area contributed by atoms with Gasteiger partial charge in [-0.3, -0.25) is 9.59 Å². The molecule has 0 spiro atoms. The van der Waals surface area contributed by atoms with Gasteiger partial charge < -0.3 is 9.67 Å². The molecule has 1 aromatic rings. The van der Waals surface area contributed by atoms with E-state index in [-0.39, 0.29) is 12.0 Å². The Labute approximate surface area is 81.8 Å². The fourth-order valence-corrected chi connectivity index (χ4v) is 1.39. The van der Waals surface area contributed by atoms with Gasteiger partial charge in [0.05, 0.1) is 6.42 Å². The summed E-state index contributed by atoms with van der Waals surface area (Å²) in [6.07, 6.45) is 1.52. The van der Waals surface area contributed by atoms with Crippen LogP contribution in [-0.4, -0.2) is 15.6 Å². The number of pyridine rings is 1. The minimum Gasteiger partial charge on any atom is -0.481 e. The molecule has 0 radical (unpaired) electrons. The Morgan fingerprint density at radius 3 is 2.71 bits per heavy atom. The molecule has 0 aliphatic rings. The Morgan fingerprint density at radius 2 is 2.21 bits per heavy atom. The SMILES string of the molecule is CCn1cc(C)cc(CC(=O)O)c1=O. The molecule has 1 N–H and O–H groups in total. The third-order valence-electron chi connectivity index (χ3n) is 1.98. The van der Waals surface area contributed by atoms with Crippen molar-refractivity contribution < 1.29 is 9.90 Å². The standard InChI is InChI=1S/C10H13NO3/c1-3-11-6-7(2)4-8(10(11)14)5-9(12)13/h4,6H,3,5H2,1-2H3,(H,12,13). The third kappa shape index (κ3) is 2.22. The number of aliphatic carboxylic acids is 1. The van der Waals surface area contributed by atoms with E-state index < -0.39 is 5.97 Å². The van der Waals surface area contributed by atoms with E-state index >= 15 is 0 Å². The summed E-state index contributed by atoms with van der Waals surface area (Å²) in [7, 11) is 0. The molecule has 0 unspecified atom stereocenters. The van der Waals surface area contributed by atoms with E-state index in [1.54, 1.807) is 12.3 Å². The fourth-order valence-electron chi connectivity index (χ4n) is 1.39. The predicted octanol–water partition coefficient (Wildman–Crippen LogP) is 0.804. The molecule has 0 atom stereocenters. The van der Waals surface area contributed by atoms with Gasteiger partial charge in [0, 0.05) is 18.3 Å². The molecule has 76 valence electrons. The van der Waals surface area contributed by atoms with Gasteiger partial charge in [-0.25, -0.2) is 0 Å². The molecule has 14 heavy (non-hydrogen) atoms. The minimum atomic E-state index is -0.977. The highest BCUT2D eigenvalue weighted by atomic mass is 16.4. The molecule has 0 saturated heterocycles. The molecule has 0 aliphatic heterocycles. The molecule has 0 saturated carbocycles. The Bertz CT molecular complexity index is 406. The number of hydrogen-bond donors (Lipinski definition) is 1. The summed E-state index contributed by atoms with van der Waals surface area (Å²) >= 11 is 0. The van der Waals surface area contributed by atoms with Crippen LogP contribution in [0.25, 0.3) is 0 Å². The van der Waals surface area contributed by atoms with E-state index in [9.17, 15) is 9.59 Å². The lowest BCUT2D eigenvalue weighted by Gasteiger charge is -2.05. The van der Waals surface area contributed by atoms with E-state index in [1.165, 1.54) is 4.57 Å². The number of aromatic nitrogens is 1. The summed E-state index contributed by atoms with van der Waals surface area (Å²) in [4.78, 5) is 22.1. The van der Waals surface area contributed by atoms with Crippen LogP contribution in [0.15, 0.2) is 17.1 Å². The zero-order valence-electron chi connectivity index (χ0n) is 8.28. The minimum absolute atomic E-state index is 0.208. The zero-order valence-corrected chi connectivity index (χ0v) is 8.28. The second kappa shape index (κ2) is 4.09. The molecular formula is C10H13NO3. The first-order valence-electron chi connectivity index (χ1n) is 4.46. The highest BCUT2D eigenvalue weighted by Gasteiger charge is 2.07. The lowest BCUT2D eigenvalue weighted by molar-refractivity contribution is -0.136. The van der Waals surface area contributed by atoms with Gasteiger partial charge in [0.25, 0.3) is 5.56 Å². The molecule has 0 aliphatic carbocycles. The smallest absolute Gasteiger partial charge is 0.308 e. The molecule has 1 rings (SSSR count). The number of rotatable bonds is 3. The molecule has 4 heteroatoms. The number of aryl methyl sites for hydroxylation is 2.